The van der Waals surface area contributed by atoms with Gasteiger partial charge >= 0.3 is 0 Å². The number of ketones is 1. The number of unbranched alkanes of at least 4 members (excludes halogenated alkanes) is 5. The molecule has 29 heavy (non-hydrogen) atoms. The highest BCUT2D eigenvalue weighted by Gasteiger charge is 2.29. The predicted octanol–water partition coefficient (Wildman–Crippen LogP) is 4.84. The summed E-state index contributed by atoms with van der Waals surface area (Å²) < 4.78 is 0. The number of benzene rings is 1. The van der Waals surface area contributed by atoms with Gasteiger partial charge in [-0.2, -0.15) is 0 Å². The molecule has 0 bridgehead atoms. The van der Waals surface area contributed by atoms with Crippen LogP contribution in [0.15, 0.2) is 24.3 Å². The van der Waals surface area contributed by atoms with Crippen LogP contribution in [0.4, 0.5) is 5.69 Å². The third-order valence-electron chi connectivity index (χ3n) is 5.42. The van der Waals surface area contributed by atoms with Gasteiger partial charge in [-0.05, 0) is 18.6 Å². The predicted molar refractivity (Wildman–Crippen MR) is 117 cm³/mol. The fraction of sp³-hybridized carbons (Fsp3) is 0.625. The van der Waals surface area contributed by atoms with Crippen LogP contribution in [0.3, 0.4) is 0 Å². The zero-order valence-corrected chi connectivity index (χ0v) is 18.5. The summed E-state index contributed by atoms with van der Waals surface area (Å²) in [6.45, 7) is 8.99. The molecule has 5 heteroatoms. The monoisotopic (exact) mass is 400 g/mol. The number of piperazine rings is 1. The van der Waals surface area contributed by atoms with Crippen molar-refractivity contribution in [1.82, 2.24) is 4.90 Å². The standard InChI is InChI=1S/C24H36N2O3/c1-5-6-7-8-9-10-14-21(27)25-15-16-26(22(28)18-25)20-13-11-12-19(17-20)23(29)24(2,3)4/h11-13,17H,5-10,14-16,18H2,1-4H3. The maximum absolute atomic E-state index is 12.7. The Morgan fingerprint density at radius 3 is 2.34 bits per heavy atom. The molecule has 0 saturated carbocycles. The van der Waals surface area contributed by atoms with E-state index in [1.54, 1.807) is 21.9 Å². The molecule has 5 nitrogen and oxygen atoms in total. The highest BCUT2D eigenvalue weighted by Crippen LogP contribution is 2.25. The van der Waals surface area contributed by atoms with Gasteiger partial charge in [0.2, 0.25) is 11.8 Å². The first-order valence-electron chi connectivity index (χ1n) is 11.0. The summed E-state index contributed by atoms with van der Waals surface area (Å²) in [7, 11) is 0. The second-order valence-corrected chi connectivity index (χ2v) is 9.01. The molecule has 0 spiro atoms. The van der Waals surface area contributed by atoms with Crippen LogP contribution in [0.2, 0.25) is 0 Å². The van der Waals surface area contributed by atoms with Gasteiger partial charge in [-0.3, -0.25) is 14.4 Å². The molecule has 1 aromatic carbocycles. The van der Waals surface area contributed by atoms with Crippen LogP contribution in [0, 0.1) is 5.41 Å². The minimum atomic E-state index is -0.468. The van der Waals surface area contributed by atoms with E-state index in [1.807, 2.05) is 32.9 Å². The lowest BCUT2D eigenvalue weighted by Gasteiger charge is -2.34. The Kier molecular flexibility index (Phi) is 8.42. The molecule has 1 aliphatic heterocycles. The maximum Gasteiger partial charge on any atom is 0.246 e. The molecular formula is C24H36N2O3. The first-order valence-corrected chi connectivity index (χ1v) is 11.0. The van der Waals surface area contributed by atoms with Crippen LogP contribution in [-0.2, 0) is 9.59 Å². The summed E-state index contributed by atoms with van der Waals surface area (Å²) in [5.41, 5.74) is 0.877. The molecule has 160 valence electrons. The molecule has 1 fully saturated rings. The maximum atomic E-state index is 12.7. The zero-order chi connectivity index (χ0) is 21.4. The largest absolute Gasteiger partial charge is 0.332 e. The molecule has 0 radical (unpaired) electrons. The Labute approximate surface area is 175 Å². The Morgan fingerprint density at radius 1 is 1.00 bits per heavy atom. The van der Waals surface area contributed by atoms with E-state index < -0.39 is 5.41 Å². The molecule has 1 aliphatic rings. The van der Waals surface area contributed by atoms with Crippen LogP contribution >= 0.6 is 0 Å². The number of amides is 2. The van der Waals surface area contributed by atoms with Crippen molar-refractivity contribution in [3.8, 4) is 0 Å². The van der Waals surface area contributed by atoms with E-state index in [0.29, 0.717) is 25.1 Å². The molecule has 0 unspecified atom stereocenters. The molecule has 0 aliphatic carbocycles. The van der Waals surface area contributed by atoms with Crippen molar-refractivity contribution in [2.75, 3.05) is 24.5 Å². The number of anilines is 1. The van der Waals surface area contributed by atoms with Gasteiger partial charge in [0, 0.05) is 36.2 Å². The van der Waals surface area contributed by atoms with E-state index in [1.165, 1.54) is 25.7 Å². The summed E-state index contributed by atoms with van der Waals surface area (Å²) in [6, 6.07) is 7.25. The van der Waals surface area contributed by atoms with Crippen LogP contribution in [-0.4, -0.2) is 42.1 Å². The number of rotatable bonds is 9. The zero-order valence-electron chi connectivity index (χ0n) is 18.5. The first kappa shape index (κ1) is 23.1. The second kappa shape index (κ2) is 10.6. The summed E-state index contributed by atoms with van der Waals surface area (Å²) >= 11 is 0. The third-order valence-corrected chi connectivity index (χ3v) is 5.42. The van der Waals surface area contributed by atoms with Crippen LogP contribution in [0.5, 0.6) is 0 Å². The van der Waals surface area contributed by atoms with Crippen molar-refractivity contribution in [2.24, 2.45) is 5.41 Å². The van der Waals surface area contributed by atoms with Crippen LogP contribution in [0.1, 0.15) is 83.0 Å². The average molecular weight is 401 g/mol. The van der Waals surface area contributed by atoms with E-state index in [2.05, 4.69) is 6.92 Å². The van der Waals surface area contributed by atoms with Crippen molar-refractivity contribution < 1.29 is 14.4 Å². The van der Waals surface area contributed by atoms with Gasteiger partial charge in [0.25, 0.3) is 0 Å². The highest BCUT2D eigenvalue weighted by molar-refractivity contribution is 6.02. The summed E-state index contributed by atoms with van der Waals surface area (Å²) in [4.78, 5) is 41.0. The lowest BCUT2D eigenvalue weighted by atomic mass is 9.86. The topological polar surface area (TPSA) is 57.7 Å². The Balaban J connectivity index is 1.89. The number of Topliss-reactive ketones (excluding diaryl/α,β-unsaturated/α-hetero) is 1. The van der Waals surface area contributed by atoms with Gasteiger partial charge < -0.3 is 9.80 Å². The van der Waals surface area contributed by atoms with Crippen molar-refractivity contribution in [1.29, 1.82) is 0 Å². The van der Waals surface area contributed by atoms with E-state index in [4.69, 9.17) is 0 Å². The summed E-state index contributed by atoms with van der Waals surface area (Å²) in [6.07, 6.45) is 7.39. The smallest absolute Gasteiger partial charge is 0.246 e. The summed E-state index contributed by atoms with van der Waals surface area (Å²) in [5, 5.41) is 0. The number of hydrogen-bond acceptors (Lipinski definition) is 3. The fourth-order valence-corrected chi connectivity index (χ4v) is 3.62. The summed E-state index contributed by atoms with van der Waals surface area (Å²) in [5.74, 6) is 0.0394. The molecule has 1 heterocycles. The SMILES string of the molecule is CCCCCCCCC(=O)N1CCN(c2cccc(C(=O)C(C)(C)C)c2)C(=O)C1. The van der Waals surface area contributed by atoms with Crippen LogP contribution < -0.4 is 4.90 Å². The molecule has 0 N–H and O–H groups in total. The van der Waals surface area contributed by atoms with Gasteiger partial charge in [-0.15, -0.1) is 0 Å². The molecular weight excluding hydrogens is 364 g/mol. The minimum Gasteiger partial charge on any atom is -0.332 e. The highest BCUT2D eigenvalue weighted by atomic mass is 16.2. The number of nitrogens with zero attached hydrogens (tertiary/aromatic N) is 2. The molecule has 0 atom stereocenters. The number of hydrogen-bond donors (Lipinski definition) is 0. The van der Waals surface area contributed by atoms with Gasteiger partial charge in [0.1, 0.15) is 6.54 Å². The van der Waals surface area contributed by atoms with Crippen LogP contribution in [0.25, 0.3) is 0 Å². The van der Waals surface area contributed by atoms with Gasteiger partial charge in [0.15, 0.2) is 5.78 Å². The second-order valence-electron chi connectivity index (χ2n) is 9.01. The van der Waals surface area contributed by atoms with E-state index in [-0.39, 0.29) is 24.1 Å². The minimum absolute atomic E-state index is 0.0551. The lowest BCUT2D eigenvalue weighted by Crippen LogP contribution is -2.52. The fourth-order valence-electron chi connectivity index (χ4n) is 3.62. The quantitative estimate of drug-likeness (QED) is 0.440. The molecule has 2 rings (SSSR count). The first-order chi connectivity index (χ1) is 13.7. The average Bonchev–Trinajstić information content (AvgIpc) is 2.69. The lowest BCUT2D eigenvalue weighted by molar-refractivity contribution is -0.136. The molecule has 2 amide bonds. The normalized spacial score (nSPS) is 15.0. The molecule has 1 saturated heterocycles. The Hall–Kier alpha value is -2.17. The number of carbonyl (C=O) groups excluding carboxylic acids is 3. The Bertz CT molecular complexity index is 721. The van der Waals surface area contributed by atoms with E-state index in [0.717, 1.165) is 18.5 Å². The van der Waals surface area contributed by atoms with Crippen molar-refractivity contribution in [3.63, 3.8) is 0 Å². The number of carbonyl (C=O) groups is 3. The van der Waals surface area contributed by atoms with Gasteiger partial charge in [-0.25, -0.2) is 0 Å². The van der Waals surface area contributed by atoms with Crippen molar-refractivity contribution >= 4 is 23.3 Å². The van der Waals surface area contributed by atoms with E-state index in [9.17, 15) is 14.4 Å². The third kappa shape index (κ3) is 6.69. The molecule has 1 aromatic rings. The Morgan fingerprint density at radius 2 is 1.69 bits per heavy atom. The van der Waals surface area contributed by atoms with Crippen molar-refractivity contribution in [3.05, 3.63) is 29.8 Å². The van der Waals surface area contributed by atoms with Gasteiger partial charge in [-0.1, -0.05) is 71.9 Å². The van der Waals surface area contributed by atoms with Crippen molar-refractivity contribution in [2.45, 2.75) is 72.6 Å². The van der Waals surface area contributed by atoms with E-state index >= 15 is 0 Å². The molecule has 0 aromatic heterocycles. The van der Waals surface area contributed by atoms with Gasteiger partial charge in [0.05, 0.1) is 0 Å².